The molecule has 0 spiro atoms. The molecule has 3 nitrogen and oxygen atoms in total. The highest BCUT2D eigenvalue weighted by atomic mass is 16.3. The van der Waals surface area contributed by atoms with Crippen molar-refractivity contribution in [3.8, 4) is 0 Å². The SMILES string of the molecule is C[C@H]1CNC[C@@]1(O)CO. The summed E-state index contributed by atoms with van der Waals surface area (Å²) in [5.74, 6) is 0.169. The van der Waals surface area contributed by atoms with Crippen molar-refractivity contribution in [2.24, 2.45) is 5.92 Å². The Labute approximate surface area is 54.7 Å². The number of rotatable bonds is 1. The normalized spacial score (nSPS) is 43.7. The van der Waals surface area contributed by atoms with Gasteiger partial charge in [-0.1, -0.05) is 6.92 Å². The molecule has 9 heavy (non-hydrogen) atoms. The summed E-state index contributed by atoms with van der Waals surface area (Å²) in [4.78, 5) is 0. The van der Waals surface area contributed by atoms with E-state index in [4.69, 9.17) is 5.11 Å². The molecule has 0 aromatic carbocycles. The molecule has 1 rings (SSSR count). The van der Waals surface area contributed by atoms with Gasteiger partial charge in [-0.2, -0.15) is 0 Å². The average molecular weight is 131 g/mol. The Morgan fingerprint density at radius 1 is 1.78 bits per heavy atom. The zero-order valence-electron chi connectivity index (χ0n) is 5.59. The number of nitrogens with one attached hydrogen (secondary N) is 1. The van der Waals surface area contributed by atoms with Crippen molar-refractivity contribution < 1.29 is 10.2 Å². The van der Waals surface area contributed by atoms with E-state index in [1.165, 1.54) is 0 Å². The Balaban J connectivity index is 2.56. The molecular weight excluding hydrogens is 118 g/mol. The van der Waals surface area contributed by atoms with Gasteiger partial charge in [0.05, 0.1) is 6.61 Å². The van der Waals surface area contributed by atoms with Crippen molar-refractivity contribution in [3.63, 3.8) is 0 Å². The van der Waals surface area contributed by atoms with Crippen LogP contribution in [-0.2, 0) is 0 Å². The minimum atomic E-state index is -0.861. The van der Waals surface area contributed by atoms with Crippen molar-refractivity contribution in [1.82, 2.24) is 5.32 Å². The first kappa shape index (κ1) is 6.99. The van der Waals surface area contributed by atoms with Crippen molar-refractivity contribution in [1.29, 1.82) is 0 Å². The summed E-state index contributed by atoms with van der Waals surface area (Å²) < 4.78 is 0. The number of aliphatic hydroxyl groups is 2. The van der Waals surface area contributed by atoms with E-state index >= 15 is 0 Å². The van der Waals surface area contributed by atoms with Crippen LogP contribution in [-0.4, -0.2) is 35.5 Å². The van der Waals surface area contributed by atoms with Gasteiger partial charge in [0.1, 0.15) is 5.60 Å². The van der Waals surface area contributed by atoms with E-state index in [2.05, 4.69) is 5.32 Å². The second-order valence-corrected chi connectivity index (χ2v) is 2.79. The van der Waals surface area contributed by atoms with E-state index in [-0.39, 0.29) is 12.5 Å². The first-order chi connectivity index (χ1) is 4.19. The van der Waals surface area contributed by atoms with Crippen molar-refractivity contribution in [2.45, 2.75) is 12.5 Å². The van der Waals surface area contributed by atoms with E-state index in [1.807, 2.05) is 6.92 Å². The van der Waals surface area contributed by atoms with E-state index in [9.17, 15) is 5.11 Å². The van der Waals surface area contributed by atoms with Crippen LogP contribution in [0.3, 0.4) is 0 Å². The molecule has 0 aromatic rings. The molecule has 0 unspecified atom stereocenters. The van der Waals surface area contributed by atoms with Gasteiger partial charge in [0.2, 0.25) is 0 Å². The Hall–Kier alpha value is -0.120. The average Bonchev–Trinajstić information content (AvgIpc) is 2.15. The van der Waals surface area contributed by atoms with Gasteiger partial charge in [-0.15, -0.1) is 0 Å². The van der Waals surface area contributed by atoms with Gasteiger partial charge < -0.3 is 15.5 Å². The highest BCUT2D eigenvalue weighted by Crippen LogP contribution is 2.19. The lowest BCUT2D eigenvalue weighted by atomic mass is 9.94. The van der Waals surface area contributed by atoms with Crippen LogP contribution < -0.4 is 5.32 Å². The maximum absolute atomic E-state index is 9.46. The molecule has 0 aliphatic carbocycles. The summed E-state index contributed by atoms with van der Waals surface area (Å²) in [7, 11) is 0. The largest absolute Gasteiger partial charge is 0.393 e. The lowest BCUT2D eigenvalue weighted by Crippen LogP contribution is -2.40. The third-order valence-electron chi connectivity index (χ3n) is 2.07. The Morgan fingerprint density at radius 3 is 2.67 bits per heavy atom. The summed E-state index contributed by atoms with van der Waals surface area (Å²) in [6.45, 7) is 3.11. The minimum Gasteiger partial charge on any atom is -0.393 e. The van der Waals surface area contributed by atoms with Crippen LogP contribution in [0.2, 0.25) is 0 Å². The first-order valence-electron chi connectivity index (χ1n) is 3.23. The highest BCUT2D eigenvalue weighted by Gasteiger charge is 2.37. The van der Waals surface area contributed by atoms with Crippen molar-refractivity contribution >= 4 is 0 Å². The Morgan fingerprint density at radius 2 is 2.44 bits per heavy atom. The fourth-order valence-corrected chi connectivity index (χ4v) is 1.08. The third kappa shape index (κ3) is 1.08. The summed E-state index contributed by atoms with van der Waals surface area (Å²) in [5, 5.41) is 21.2. The molecule has 1 aliphatic rings. The minimum absolute atomic E-state index is 0.138. The fourth-order valence-electron chi connectivity index (χ4n) is 1.08. The molecule has 0 amide bonds. The van der Waals surface area contributed by atoms with Crippen LogP contribution in [0.15, 0.2) is 0 Å². The van der Waals surface area contributed by atoms with Crippen molar-refractivity contribution in [2.75, 3.05) is 19.7 Å². The van der Waals surface area contributed by atoms with Gasteiger partial charge in [-0.05, 0) is 0 Å². The second-order valence-electron chi connectivity index (χ2n) is 2.79. The van der Waals surface area contributed by atoms with Gasteiger partial charge >= 0.3 is 0 Å². The van der Waals surface area contributed by atoms with Crippen LogP contribution in [0.5, 0.6) is 0 Å². The molecule has 1 saturated heterocycles. The predicted molar refractivity (Wildman–Crippen MR) is 34.1 cm³/mol. The molecule has 0 aromatic heterocycles. The smallest absolute Gasteiger partial charge is 0.104 e. The summed E-state index contributed by atoms with van der Waals surface area (Å²) in [6, 6.07) is 0. The van der Waals surface area contributed by atoms with Crippen LogP contribution in [0, 0.1) is 5.92 Å². The van der Waals surface area contributed by atoms with E-state index in [1.54, 1.807) is 0 Å². The van der Waals surface area contributed by atoms with Gasteiger partial charge in [-0.25, -0.2) is 0 Å². The first-order valence-corrected chi connectivity index (χ1v) is 3.23. The molecule has 0 radical (unpaired) electrons. The summed E-state index contributed by atoms with van der Waals surface area (Å²) in [5.41, 5.74) is -0.861. The molecule has 0 saturated carbocycles. The van der Waals surface area contributed by atoms with Crippen LogP contribution in [0.4, 0.5) is 0 Å². The molecular formula is C6H13NO2. The molecule has 3 N–H and O–H groups in total. The van der Waals surface area contributed by atoms with Crippen LogP contribution in [0.1, 0.15) is 6.92 Å². The molecule has 1 fully saturated rings. The fraction of sp³-hybridized carbons (Fsp3) is 1.00. The molecule has 0 bridgehead atoms. The van der Waals surface area contributed by atoms with Crippen LogP contribution >= 0.6 is 0 Å². The molecule has 2 atom stereocenters. The number of β-amino-alcohol motifs (C(OH)–C–C–N with tert-alkyl or cyclic N) is 1. The lowest BCUT2D eigenvalue weighted by molar-refractivity contribution is -0.0268. The number of aliphatic hydroxyl groups excluding tert-OH is 1. The predicted octanol–water partition coefficient (Wildman–Crippen LogP) is -1.05. The second kappa shape index (κ2) is 2.25. The van der Waals surface area contributed by atoms with Gasteiger partial charge in [0, 0.05) is 19.0 Å². The van der Waals surface area contributed by atoms with Gasteiger partial charge in [0.25, 0.3) is 0 Å². The van der Waals surface area contributed by atoms with Crippen molar-refractivity contribution in [3.05, 3.63) is 0 Å². The monoisotopic (exact) mass is 131 g/mol. The molecule has 54 valence electrons. The molecule has 1 heterocycles. The van der Waals surface area contributed by atoms with E-state index in [0.29, 0.717) is 6.54 Å². The zero-order valence-corrected chi connectivity index (χ0v) is 5.59. The maximum Gasteiger partial charge on any atom is 0.104 e. The lowest BCUT2D eigenvalue weighted by Gasteiger charge is -2.22. The quantitative estimate of drug-likeness (QED) is 0.425. The Kier molecular flexibility index (Phi) is 1.75. The Bertz CT molecular complexity index is 107. The zero-order chi connectivity index (χ0) is 6.91. The molecule has 1 aliphatic heterocycles. The molecule has 3 heteroatoms. The standard InChI is InChI=1S/C6H13NO2/c1-5-2-7-3-6(5,9)4-8/h5,7-9H,2-4H2,1H3/t5-,6+/m0/s1. The number of hydrogen-bond donors (Lipinski definition) is 3. The van der Waals surface area contributed by atoms with Gasteiger partial charge in [-0.3, -0.25) is 0 Å². The topological polar surface area (TPSA) is 52.5 Å². The third-order valence-corrected chi connectivity index (χ3v) is 2.07. The number of hydrogen-bond acceptors (Lipinski definition) is 3. The van der Waals surface area contributed by atoms with E-state index < -0.39 is 5.60 Å². The van der Waals surface area contributed by atoms with Crippen LogP contribution in [0.25, 0.3) is 0 Å². The van der Waals surface area contributed by atoms with E-state index in [0.717, 1.165) is 6.54 Å². The highest BCUT2D eigenvalue weighted by molar-refractivity contribution is 4.92. The summed E-state index contributed by atoms with van der Waals surface area (Å²) in [6.07, 6.45) is 0. The van der Waals surface area contributed by atoms with Gasteiger partial charge in [0.15, 0.2) is 0 Å². The summed E-state index contributed by atoms with van der Waals surface area (Å²) >= 11 is 0. The maximum atomic E-state index is 9.46.